The molecular formula is C44H54F2N4O6. The molecular weight excluding hydrogens is 719 g/mol. The molecule has 2 aromatic carbocycles. The van der Waals surface area contributed by atoms with Crippen LogP contribution in [0.4, 0.5) is 8.78 Å². The number of halogens is 2. The van der Waals surface area contributed by atoms with Gasteiger partial charge in [-0.3, -0.25) is 9.69 Å². The number of nitrogens with one attached hydrogen (secondary N) is 3. The highest BCUT2D eigenvalue weighted by Crippen LogP contribution is 3.11. The summed E-state index contributed by atoms with van der Waals surface area (Å²) in [6.07, 6.45) is 2.24. The zero-order chi connectivity index (χ0) is 38.8. The predicted molar refractivity (Wildman–Crippen MR) is 202 cm³/mol. The van der Waals surface area contributed by atoms with Crippen LogP contribution < -0.4 is 16.0 Å². The molecule has 10 atom stereocenters. The minimum atomic E-state index is -2.37. The summed E-state index contributed by atoms with van der Waals surface area (Å²) in [7, 11) is 0. The summed E-state index contributed by atoms with van der Waals surface area (Å²) >= 11 is 0. The maximum atomic E-state index is 16.2. The quantitative estimate of drug-likeness (QED) is 0.131. The van der Waals surface area contributed by atoms with E-state index < -0.39 is 41.1 Å². The van der Waals surface area contributed by atoms with Crippen LogP contribution in [-0.4, -0.2) is 95.3 Å². The van der Waals surface area contributed by atoms with Gasteiger partial charge >= 0.3 is 17.9 Å². The lowest BCUT2D eigenvalue weighted by Gasteiger charge is -3.12. The first-order valence-corrected chi connectivity index (χ1v) is 21.0. The first-order valence-electron chi connectivity index (χ1n) is 21.0. The lowest BCUT2D eigenvalue weighted by atomic mass is 8.91. The predicted octanol–water partition coefficient (Wildman–Crippen LogP) is 4.02. The van der Waals surface area contributed by atoms with E-state index in [0.29, 0.717) is 98.7 Å². The van der Waals surface area contributed by atoms with E-state index in [9.17, 15) is 29.7 Å². The molecule has 6 aliphatic carbocycles. The third kappa shape index (κ3) is 5.00. The Hall–Kier alpha value is -3.45. The molecule has 9 fully saturated rings. The summed E-state index contributed by atoms with van der Waals surface area (Å²) in [6.45, 7) is 5.48. The summed E-state index contributed by atoms with van der Waals surface area (Å²) in [5, 5.41) is 40.0. The van der Waals surface area contributed by atoms with Gasteiger partial charge in [0.2, 0.25) is 11.3 Å². The molecule has 0 radical (unpaired) electrons. The molecule has 10 nitrogen and oxygen atoms in total. The molecule has 2 aromatic rings. The first-order chi connectivity index (χ1) is 26.9. The van der Waals surface area contributed by atoms with Gasteiger partial charge in [-0.05, 0) is 126 Å². The van der Waals surface area contributed by atoms with Crippen molar-refractivity contribution in [2.45, 2.75) is 63.0 Å². The largest absolute Gasteiger partial charge is 0.481 e. The van der Waals surface area contributed by atoms with Gasteiger partial charge in [0.05, 0.1) is 5.92 Å². The Morgan fingerprint density at radius 3 is 1.64 bits per heavy atom. The van der Waals surface area contributed by atoms with Crippen LogP contribution in [0.5, 0.6) is 0 Å². The van der Waals surface area contributed by atoms with Crippen LogP contribution in [-0.2, 0) is 40.3 Å². The van der Waals surface area contributed by atoms with Crippen LogP contribution in [0.25, 0.3) is 0 Å². The molecule has 0 aromatic heterocycles. The van der Waals surface area contributed by atoms with Crippen LogP contribution in [0, 0.1) is 70.0 Å². The number of hydrogen-bond donors (Lipinski definition) is 6. The fourth-order valence-electron chi connectivity index (χ4n) is 14.9. The van der Waals surface area contributed by atoms with Crippen molar-refractivity contribution in [3.8, 4) is 0 Å². The van der Waals surface area contributed by atoms with Gasteiger partial charge in [-0.2, -0.15) is 0 Å². The molecule has 0 spiro atoms. The number of carbonyl (C=O) groups is 3. The Kier molecular flexibility index (Phi) is 8.58. The lowest BCUT2D eigenvalue weighted by Crippen LogP contribution is -3.10. The third-order valence-electron chi connectivity index (χ3n) is 16.9. The fourth-order valence-corrected chi connectivity index (χ4v) is 14.9. The molecule has 300 valence electrons. The normalized spacial score (nSPS) is 39.2. The summed E-state index contributed by atoms with van der Waals surface area (Å²) < 4.78 is 32.5. The van der Waals surface area contributed by atoms with Crippen molar-refractivity contribution < 1.29 is 38.5 Å². The molecule has 0 bridgehead atoms. The number of nitrogens with zero attached hydrogens (tertiary/aromatic N) is 1. The summed E-state index contributed by atoms with van der Waals surface area (Å²) in [4.78, 5) is 39.7. The molecule has 12 heteroatoms. The van der Waals surface area contributed by atoms with E-state index in [4.69, 9.17) is 0 Å². The number of alkyl halides is 2. The zero-order valence-electron chi connectivity index (χ0n) is 31.8. The maximum Gasteiger partial charge on any atom is 0.342 e. The number of benzene rings is 2. The van der Waals surface area contributed by atoms with Crippen molar-refractivity contribution in [3.05, 3.63) is 70.8 Å². The molecule has 11 rings (SSSR count). The third-order valence-corrected chi connectivity index (χ3v) is 16.9. The monoisotopic (exact) mass is 772 g/mol. The first kappa shape index (κ1) is 36.9. The van der Waals surface area contributed by atoms with Crippen molar-refractivity contribution in [3.63, 3.8) is 0 Å². The minimum absolute atomic E-state index is 0.161. The number of aliphatic carboxylic acids is 3. The average molecular weight is 773 g/mol. The second-order valence-electron chi connectivity index (χ2n) is 19.1. The van der Waals surface area contributed by atoms with Crippen LogP contribution in [0.1, 0.15) is 47.9 Å². The van der Waals surface area contributed by atoms with E-state index in [0.717, 1.165) is 43.6 Å². The van der Waals surface area contributed by atoms with E-state index in [-0.39, 0.29) is 35.5 Å². The van der Waals surface area contributed by atoms with E-state index in [1.54, 1.807) is 0 Å². The minimum Gasteiger partial charge on any atom is -0.481 e. The Morgan fingerprint density at radius 1 is 0.714 bits per heavy atom. The molecule has 56 heavy (non-hydrogen) atoms. The molecule has 3 heterocycles. The van der Waals surface area contributed by atoms with Crippen LogP contribution in [0.2, 0.25) is 0 Å². The topological polar surface area (TPSA) is 151 Å². The molecule has 10 unspecified atom stereocenters. The van der Waals surface area contributed by atoms with Crippen LogP contribution in [0.15, 0.2) is 48.5 Å². The van der Waals surface area contributed by atoms with Crippen molar-refractivity contribution >= 4 is 17.9 Å². The second kappa shape index (κ2) is 13.0. The van der Waals surface area contributed by atoms with Crippen molar-refractivity contribution in [2.24, 2.45) is 70.0 Å². The number of rotatable bonds is 18. The summed E-state index contributed by atoms with van der Waals surface area (Å²) in [6, 6.07) is 15.3. The Bertz CT molecular complexity index is 1820. The Labute approximate surface area is 326 Å². The molecule has 0 amide bonds. The Balaban J connectivity index is 0.914. The highest BCUT2D eigenvalue weighted by atomic mass is 19.1. The van der Waals surface area contributed by atoms with Gasteiger partial charge in [0.15, 0.2) is 0 Å². The molecule has 3 saturated heterocycles. The number of carboxylic acid groups (broad SMARTS) is 3. The van der Waals surface area contributed by atoms with Crippen molar-refractivity contribution in [1.82, 2.24) is 20.9 Å². The van der Waals surface area contributed by atoms with E-state index in [1.807, 2.05) is 48.5 Å². The highest BCUT2D eigenvalue weighted by Gasteiger charge is 3.09. The summed E-state index contributed by atoms with van der Waals surface area (Å²) in [5.74, 6) is -0.943. The maximum absolute atomic E-state index is 16.2. The van der Waals surface area contributed by atoms with Crippen molar-refractivity contribution in [2.75, 3.05) is 45.8 Å². The van der Waals surface area contributed by atoms with Crippen LogP contribution >= 0.6 is 0 Å². The molecule has 6 N–H and O–H groups in total. The van der Waals surface area contributed by atoms with E-state index in [2.05, 4.69) is 20.9 Å². The highest BCUT2D eigenvalue weighted by molar-refractivity contribution is 5.79. The van der Waals surface area contributed by atoms with Crippen LogP contribution in [0.3, 0.4) is 0 Å². The van der Waals surface area contributed by atoms with Gasteiger partial charge in [-0.15, -0.1) is 0 Å². The number of carboxylic acids is 3. The lowest BCUT2D eigenvalue weighted by molar-refractivity contribution is -0.661. The van der Waals surface area contributed by atoms with Gasteiger partial charge in [-0.1, -0.05) is 48.5 Å². The van der Waals surface area contributed by atoms with Gasteiger partial charge in [0.1, 0.15) is 0 Å². The van der Waals surface area contributed by atoms with Gasteiger partial charge in [-0.25, -0.2) is 18.4 Å². The summed E-state index contributed by atoms with van der Waals surface area (Å²) in [5.41, 5.74) is -1.20. The van der Waals surface area contributed by atoms with Crippen molar-refractivity contribution in [1.29, 1.82) is 0 Å². The standard InChI is InChI=1S/C44H54F2N4O6/c45-43(39(53)54,29-8-11-48-19-29)15-24-3-1-5-26(13-24)21-50(22-27-6-2-4-25(14-27)16-44(46,40(55)56)30-9-12-49-20-30)23-42-35-32-34-33(35)37(42)41(34,36(32)42)17-31(38(51)52)28-7-10-47-18-28/h1-6,13-14,28-37,47-49H,7-12,15-23H2,(H,51,52)(H,53,54)(H,55,56). The Morgan fingerprint density at radius 2 is 1.20 bits per heavy atom. The van der Waals surface area contributed by atoms with Gasteiger partial charge < -0.3 is 31.3 Å². The SMILES string of the molecule is O=C(O)C(CC12C3C4C5C3C1C5(CN(Cc1cccc(CC(F)(C(=O)O)C3CCNC3)c1)Cc1cccc(CC(F)(C(=O)O)C3CCNC3)c1)C42)C1CCNC1. The van der Waals surface area contributed by atoms with Gasteiger partial charge in [0.25, 0.3) is 0 Å². The molecule has 3 aliphatic heterocycles. The fraction of sp³-hybridized carbons (Fsp3) is 0.659. The molecule has 9 aliphatic rings. The smallest absolute Gasteiger partial charge is 0.342 e. The average Bonchev–Trinajstić information content (AvgIpc) is 3.99. The second-order valence-corrected chi connectivity index (χ2v) is 19.1. The number of hydrogen-bond acceptors (Lipinski definition) is 7. The van der Waals surface area contributed by atoms with Gasteiger partial charge in [0, 0.05) is 57.4 Å². The zero-order valence-corrected chi connectivity index (χ0v) is 31.8. The van der Waals surface area contributed by atoms with E-state index >= 15 is 8.78 Å². The van der Waals surface area contributed by atoms with E-state index in [1.165, 1.54) is 0 Å². The molecule has 6 saturated carbocycles.